The second-order valence-electron chi connectivity index (χ2n) is 5.89. The van der Waals surface area contributed by atoms with Gasteiger partial charge in [-0.05, 0) is 38.1 Å². The highest BCUT2D eigenvalue weighted by molar-refractivity contribution is 8.14. The summed E-state index contributed by atoms with van der Waals surface area (Å²) in [5.41, 5.74) is 0.524. The van der Waals surface area contributed by atoms with Crippen LogP contribution in [0.3, 0.4) is 0 Å². The maximum absolute atomic E-state index is 11.9. The Balaban J connectivity index is 1.69. The van der Waals surface area contributed by atoms with Crippen molar-refractivity contribution in [3.8, 4) is 5.75 Å². The molecule has 0 saturated carbocycles. The van der Waals surface area contributed by atoms with Gasteiger partial charge in [-0.2, -0.15) is 0 Å². The fraction of sp³-hybridized carbons (Fsp3) is 0.389. The number of rotatable bonds is 9. The number of amides is 3. The van der Waals surface area contributed by atoms with Crippen LogP contribution in [0.5, 0.6) is 5.75 Å². The third-order valence-corrected chi connectivity index (χ3v) is 4.63. The molecule has 0 spiro atoms. The fourth-order valence-electron chi connectivity index (χ4n) is 2.24. The molecule has 1 heterocycles. The van der Waals surface area contributed by atoms with Crippen LogP contribution < -0.4 is 10.1 Å². The molecule has 1 aromatic rings. The Hall–Kier alpha value is -2.88. The van der Waals surface area contributed by atoms with Gasteiger partial charge < -0.3 is 14.8 Å². The minimum Gasteiger partial charge on any atom is -0.482 e. The summed E-state index contributed by atoms with van der Waals surface area (Å²) in [5, 5.41) is 2.16. The second kappa shape index (κ2) is 9.88. The molecule has 0 bridgehead atoms. The molecule has 0 aliphatic carbocycles. The van der Waals surface area contributed by atoms with Gasteiger partial charge in [0, 0.05) is 18.7 Å². The standard InChI is InChI=1S/C18H20N2O7S/c1-11(21)13-3-5-14(6-4-13)26-9-16(23)27-12(2)17(24)19-7-8-20-15(22)10-28-18(20)25/h3-6,12H,7-10H2,1-2H3,(H,19,24)/t12-/m0/s1. The van der Waals surface area contributed by atoms with Crippen LogP contribution in [0.1, 0.15) is 24.2 Å². The van der Waals surface area contributed by atoms with Crippen molar-refractivity contribution in [3.63, 3.8) is 0 Å². The maximum Gasteiger partial charge on any atom is 0.344 e. The zero-order valence-electron chi connectivity index (χ0n) is 15.4. The van der Waals surface area contributed by atoms with Gasteiger partial charge in [-0.15, -0.1) is 0 Å². The molecule has 1 fully saturated rings. The molecular formula is C18H20N2O7S. The Bertz CT molecular complexity index is 763. The topological polar surface area (TPSA) is 119 Å². The van der Waals surface area contributed by atoms with E-state index in [0.717, 1.165) is 16.7 Å². The van der Waals surface area contributed by atoms with Crippen LogP contribution >= 0.6 is 11.8 Å². The van der Waals surface area contributed by atoms with Crippen LogP contribution in [0.4, 0.5) is 4.79 Å². The second-order valence-corrected chi connectivity index (χ2v) is 6.82. The van der Waals surface area contributed by atoms with Crippen LogP contribution in [0.2, 0.25) is 0 Å². The van der Waals surface area contributed by atoms with Gasteiger partial charge in [0.15, 0.2) is 18.5 Å². The maximum atomic E-state index is 11.9. The summed E-state index contributed by atoms with van der Waals surface area (Å²) < 4.78 is 10.2. The van der Waals surface area contributed by atoms with Gasteiger partial charge in [-0.25, -0.2) is 4.79 Å². The van der Waals surface area contributed by atoms with Gasteiger partial charge in [0.2, 0.25) is 5.91 Å². The van der Waals surface area contributed by atoms with E-state index in [1.807, 2.05) is 0 Å². The summed E-state index contributed by atoms with van der Waals surface area (Å²) in [6.45, 7) is 2.58. The predicted octanol–water partition coefficient (Wildman–Crippen LogP) is 1.01. The first-order valence-corrected chi connectivity index (χ1v) is 9.44. The quantitative estimate of drug-likeness (QED) is 0.475. The van der Waals surface area contributed by atoms with Crippen molar-refractivity contribution < 1.29 is 33.4 Å². The molecule has 9 nitrogen and oxygen atoms in total. The van der Waals surface area contributed by atoms with Crippen molar-refractivity contribution in [2.75, 3.05) is 25.4 Å². The SMILES string of the molecule is CC(=O)c1ccc(OCC(=O)O[C@@H](C)C(=O)NCCN2C(=O)CSC2=O)cc1. The summed E-state index contributed by atoms with van der Waals surface area (Å²) in [5.74, 6) is -1.17. The van der Waals surface area contributed by atoms with E-state index in [1.54, 1.807) is 24.3 Å². The number of ether oxygens (including phenoxy) is 2. The van der Waals surface area contributed by atoms with Crippen molar-refractivity contribution in [2.45, 2.75) is 20.0 Å². The van der Waals surface area contributed by atoms with Crippen molar-refractivity contribution in [1.29, 1.82) is 0 Å². The summed E-state index contributed by atoms with van der Waals surface area (Å²) >= 11 is 0.918. The number of hydrogen-bond donors (Lipinski definition) is 1. The van der Waals surface area contributed by atoms with E-state index in [9.17, 15) is 24.0 Å². The van der Waals surface area contributed by atoms with E-state index < -0.39 is 24.6 Å². The van der Waals surface area contributed by atoms with E-state index in [2.05, 4.69) is 5.32 Å². The van der Waals surface area contributed by atoms with Gasteiger partial charge in [-0.1, -0.05) is 11.8 Å². The Kier molecular flexibility index (Phi) is 7.56. The van der Waals surface area contributed by atoms with E-state index in [4.69, 9.17) is 9.47 Å². The zero-order valence-corrected chi connectivity index (χ0v) is 16.2. The average Bonchev–Trinajstić information content (AvgIpc) is 2.98. The first-order chi connectivity index (χ1) is 13.3. The van der Waals surface area contributed by atoms with Gasteiger partial charge in [-0.3, -0.25) is 24.1 Å². The van der Waals surface area contributed by atoms with E-state index in [0.29, 0.717) is 11.3 Å². The molecule has 0 aromatic heterocycles. The average molecular weight is 408 g/mol. The largest absolute Gasteiger partial charge is 0.482 e. The zero-order chi connectivity index (χ0) is 20.7. The number of nitrogens with zero attached hydrogens (tertiary/aromatic N) is 1. The minimum atomic E-state index is -1.06. The lowest BCUT2D eigenvalue weighted by atomic mass is 10.1. The molecule has 150 valence electrons. The number of carbonyl (C=O) groups excluding carboxylic acids is 5. The molecule has 1 saturated heterocycles. The number of imide groups is 1. The van der Waals surface area contributed by atoms with Crippen LogP contribution in [0.15, 0.2) is 24.3 Å². The van der Waals surface area contributed by atoms with Crippen LogP contribution in [-0.4, -0.2) is 65.3 Å². The molecule has 3 amide bonds. The molecule has 10 heteroatoms. The number of Topliss-reactive ketones (excluding diaryl/α,β-unsaturated/α-hetero) is 1. The molecule has 0 radical (unpaired) electrons. The van der Waals surface area contributed by atoms with Gasteiger partial charge >= 0.3 is 5.97 Å². The van der Waals surface area contributed by atoms with Crippen molar-refractivity contribution in [2.24, 2.45) is 0 Å². The van der Waals surface area contributed by atoms with Gasteiger partial charge in [0.05, 0.1) is 5.75 Å². The van der Waals surface area contributed by atoms with Gasteiger partial charge in [0.1, 0.15) is 5.75 Å². The molecule has 0 unspecified atom stereocenters. The molecule has 1 aliphatic rings. The van der Waals surface area contributed by atoms with Crippen molar-refractivity contribution >= 4 is 40.6 Å². The normalized spacial score (nSPS) is 14.6. The number of thioether (sulfide) groups is 1. The Morgan fingerprint density at radius 2 is 1.89 bits per heavy atom. The smallest absolute Gasteiger partial charge is 0.344 e. The highest BCUT2D eigenvalue weighted by Crippen LogP contribution is 2.17. The molecule has 2 rings (SSSR count). The van der Waals surface area contributed by atoms with E-state index >= 15 is 0 Å². The highest BCUT2D eigenvalue weighted by Gasteiger charge is 2.29. The molecule has 1 atom stereocenters. The molecule has 1 N–H and O–H groups in total. The third kappa shape index (κ3) is 6.08. The molecule has 28 heavy (non-hydrogen) atoms. The number of esters is 1. The summed E-state index contributed by atoms with van der Waals surface area (Å²) in [4.78, 5) is 58.9. The van der Waals surface area contributed by atoms with Crippen LogP contribution in [0.25, 0.3) is 0 Å². The molecule has 1 aliphatic heterocycles. The predicted molar refractivity (Wildman–Crippen MR) is 100 cm³/mol. The van der Waals surface area contributed by atoms with Crippen LogP contribution in [0, 0.1) is 0 Å². The summed E-state index contributed by atoms with van der Waals surface area (Å²) in [7, 11) is 0. The van der Waals surface area contributed by atoms with Gasteiger partial charge in [0.25, 0.3) is 11.1 Å². The lowest BCUT2D eigenvalue weighted by Gasteiger charge is -2.16. The molecule has 1 aromatic carbocycles. The lowest BCUT2D eigenvalue weighted by Crippen LogP contribution is -2.42. The highest BCUT2D eigenvalue weighted by atomic mass is 32.2. The first kappa shape index (κ1) is 21.4. The summed E-state index contributed by atoms with van der Waals surface area (Å²) in [6, 6.07) is 6.26. The Morgan fingerprint density at radius 3 is 2.46 bits per heavy atom. The monoisotopic (exact) mass is 408 g/mol. The minimum absolute atomic E-state index is 0.0659. The number of ketones is 1. The van der Waals surface area contributed by atoms with E-state index in [1.165, 1.54) is 13.8 Å². The number of benzene rings is 1. The Morgan fingerprint density at radius 1 is 1.21 bits per heavy atom. The summed E-state index contributed by atoms with van der Waals surface area (Å²) in [6.07, 6.45) is -1.06. The van der Waals surface area contributed by atoms with Crippen LogP contribution in [-0.2, 0) is 19.1 Å². The van der Waals surface area contributed by atoms with Crippen molar-refractivity contribution in [1.82, 2.24) is 10.2 Å². The lowest BCUT2D eigenvalue weighted by molar-refractivity contribution is -0.156. The van der Waals surface area contributed by atoms with E-state index in [-0.39, 0.29) is 35.8 Å². The Labute approximate surface area is 165 Å². The number of nitrogens with one attached hydrogen (secondary N) is 1. The number of hydrogen-bond acceptors (Lipinski definition) is 8. The van der Waals surface area contributed by atoms with Crippen molar-refractivity contribution in [3.05, 3.63) is 29.8 Å². The fourth-order valence-corrected chi connectivity index (χ4v) is 3.00. The number of carbonyl (C=O) groups is 5. The first-order valence-electron chi connectivity index (χ1n) is 8.46. The molecular weight excluding hydrogens is 388 g/mol. The third-order valence-electron chi connectivity index (χ3n) is 3.77.